The Labute approximate surface area is 200 Å². The fourth-order valence-electron chi connectivity index (χ4n) is 4.34. The molecular weight excluding hydrogens is 456 g/mol. The van der Waals surface area contributed by atoms with Crippen LogP contribution >= 0.6 is 11.3 Å². The maximum Gasteiger partial charge on any atom is 0.274 e. The molecule has 34 heavy (non-hydrogen) atoms. The number of halogens is 2. The number of likely N-dealkylation sites (tertiary alicyclic amines) is 1. The summed E-state index contributed by atoms with van der Waals surface area (Å²) in [5, 5.41) is 0.785. The summed E-state index contributed by atoms with van der Waals surface area (Å²) in [4.78, 5) is 25.2. The second-order valence-corrected chi connectivity index (χ2v) is 9.60. The van der Waals surface area contributed by atoms with Gasteiger partial charge in [-0.15, -0.1) is 11.3 Å². The summed E-state index contributed by atoms with van der Waals surface area (Å²) in [5.74, 6) is 0.352. The van der Waals surface area contributed by atoms with E-state index in [1.54, 1.807) is 30.5 Å². The van der Waals surface area contributed by atoms with Gasteiger partial charge in [0, 0.05) is 24.6 Å². The van der Waals surface area contributed by atoms with Crippen molar-refractivity contribution in [2.45, 2.75) is 38.6 Å². The van der Waals surface area contributed by atoms with E-state index in [0.717, 1.165) is 40.3 Å². The molecule has 0 radical (unpaired) electrons. The molecule has 1 atom stereocenters. The van der Waals surface area contributed by atoms with Gasteiger partial charge in [-0.25, -0.2) is 18.7 Å². The number of thiazole rings is 1. The van der Waals surface area contributed by atoms with Crippen molar-refractivity contribution < 1.29 is 18.0 Å². The minimum atomic E-state index is -0.320. The first kappa shape index (κ1) is 22.4. The van der Waals surface area contributed by atoms with Crippen molar-refractivity contribution in [3.63, 3.8) is 0 Å². The molecule has 5 rings (SSSR count). The third-order valence-electron chi connectivity index (χ3n) is 6.02. The smallest absolute Gasteiger partial charge is 0.274 e. The maximum atomic E-state index is 13.6. The lowest BCUT2D eigenvalue weighted by Crippen LogP contribution is -2.45. The third kappa shape index (κ3) is 4.63. The highest BCUT2D eigenvalue weighted by molar-refractivity contribution is 7.15. The Morgan fingerprint density at radius 2 is 1.74 bits per heavy atom. The van der Waals surface area contributed by atoms with Crippen LogP contribution in [0.5, 0.6) is 0 Å². The van der Waals surface area contributed by atoms with Crippen molar-refractivity contribution in [2.75, 3.05) is 6.54 Å². The van der Waals surface area contributed by atoms with Crippen LogP contribution < -0.4 is 0 Å². The first-order valence-electron chi connectivity index (χ1n) is 11.2. The first-order valence-corrected chi connectivity index (χ1v) is 12.0. The van der Waals surface area contributed by atoms with Gasteiger partial charge in [-0.3, -0.25) is 4.79 Å². The van der Waals surface area contributed by atoms with Crippen LogP contribution in [-0.4, -0.2) is 33.4 Å². The van der Waals surface area contributed by atoms with Crippen molar-refractivity contribution >= 4 is 17.2 Å². The zero-order valence-corrected chi connectivity index (χ0v) is 19.4. The number of carbonyl (C=O) groups excluding carboxylic acids is 1. The SMILES string of the molecule is Cc1nc(C(=O)N2CCCCC2Cc2ncc(-c3ccc(F)cc3)o2)c(-c2ccc(F)cc2)s1. The molecule has 4 aromatic rings. The number of benzene rings is 2. The van der Waals surface area contributed by atoms with E-state index in [-0.39, 0.29) is 23.6 Å². The highest BCUT2D eigenvalue weighted by Gasteiger charge is 2.32. The molecule has 0 saturated carbocycles. The average molecular weight is 480 g/mol. The fraction of sp³-hybridized carbons (Fsp3) is 0.269. The number of aryl methyl sites for hydroxylation is 1. The molecule has 5 nitrogen and oxygen atoms in total. The largest absolute Gasteiger partial charge is 0.441 e. The molecule has 8 heteroatoms. The lowest BCUT2D eigenvalue weighted by atomic mass is 9.98. The van der Waals surface area contributed by atoms with Gasteiger partial charge in [0.25, 0.3) is 5.91 Å². The molecule has 1 unspecified atom stereocenters. The fourth-order valence-corrected chi connectivity index (χ4v) is 5.25. The van der Waals surface area contributed by atoms with Gasteiger partial charge >= 0.3 is 0 Å². The Balaban J connectivity index is 1.38. The van der Waals surface area contributed by atoms with Crippen LogP contribution in [0.1, 0.15) is 40.6 Å². The molecule has 2 aromatic heterocycles. The lowest BCUT2D eigenvalue weighted by Gasteiger charge is -2.35. The van der Waals surface area contributed by atoms with Crippen LogP contribution in [0.3, 0.4) is 0 Å². The summed E-state index contributed by atoms with van der Waals surface area (Å²) in [6.07, 6.45) is 4.90. The van der Waals surface area contributed by atoms with Gasteiger partial charge in [0.1, 0.15) is 17.3 Å². The molecule has 0 bridgehead atoms. The molecular formula is C26H23F2N3O2S. The average Bonchev–Trinajstić information content (AvgIpc) is 3.47. The number of aromatic nitrogens is 2. The summed E-state index contributed by atoms with van der Waals surface area (Å²) < 4.78 is 32.6. The summed E-state index contributed by atoms with van der Waals surface area (Å²) in [6, 6.07) is 12.1. The van der Waals surface area contributed by atoms with Crippen molar-refractivity contribution in [1.29, 1.82) is 0 Å². The molecule has 0 aliphatic carbocycles. The van der Waals surface area contributed by atoms with Crippen LogP contribution in [0, 0.1) is 18.6 Å². The quantitative estimate of drug-likeness (QED) is 0.338. The number of oxazole rings is 1. The number of rotatable bonds is 5. The summed E-state index contributed by atoms with van der Waals surface area (Å²) in [5.41, 5.74) is 1.93. The van der Waals surface area contributed by atoms with Crippen LogP contribution in [0.4, 0.5) is 8.78 Å². The topological polar surface area (TPSA) is 59.2 Å². The Bertz CT molecular complexity index is 1300. The van der Waals surface area contributed by atoms with E-state index in [0.29, 0.717) is 30.3 Å². The minimum Gasteiger partial charge on any atom is -0.441 e. The second-order valence-electron chi connectivity index (χ2n) is 8.39. The summed E-state index contributed by atoms with van der Waals surface area (Å²) in [6.45, 7) is 2.50. The first-order chi connectivity index (χ1) is 16.5. The van der Waals surface area contributed by atoms with E-state index in [1.807, 2.05) is 11.8 Å². The monoisotopic (exact) mass is 479 g/mol. The lowest BCUT2D eigenvalue weighted by molar-refractivity contribution is 0.0601. The van der Waals surface area contributed by atoms with E-state index in [4.69, 9.17) is 4.42 Å². The zero-order chi connectivity index (χ0) is 23.7. The van der Waals surface area contributed by atoms with Crippen LogP contribution in [0.15, 0.2) is 59.1 Å². The van der Waals surface area contributed by atoms with Gasteiger partial charge in [-0.2, -0.15) is 0 Å². The van der Waals surface area contributed by atoms with Crippen LogP contribution in [-0.2, 0) is 6.42 Å². The van der Waals surface area contributed by atoms with Crippen LogP contribution in [0.2, 0.25) is 0 Å². The number of carbonyl (C=O) groups is 1. The molecule has 1 saturated heterocycles. The van der Waals surface area contributed by atoms with E-state index in [2.05, 4.69) is 9.97 Å². The number of hydrogen-bond acceptors (Lipinski definition) is 5. The predicted molar refractivity (Wildman–Crippen MR) is 127 cm³/mol. The normalized spacial score (nSPS) is 16.1. The van der Waals surface area contributed by atoms with E-state index < -0.39 is 0 Å². The van der Waals surface area contributed by atoms with Gasteiger partial charge < -0.3 is 9.32 Å². The second kappa shape index (κ2) is 9.46. The number of hydrogen-bond donors (Lipinski definition) is 0. The summed E-state index contributed by atoms with van der Waals surface area (Å²) >= 11 is 1.43. The number of piperidine rings is 1. The molecule has 1 fully saturated rings. The van der Waals surface area contributed by atoms with E-state index >= 15 is 0 Å². The van der Waals surface area contributed by atoms with Crippen molar-refractivity contribution in [2.24, 2.45) is 0 Å². The predicted octanol–water partition coefficient (Wildman–Crippen LogP) is 6.29. The van der Waals surface area contributed by atoms with Gasteiger partial charge in [0.15, 0.2) is 11.7 Å². The van der Waals surface area contributed by atoms with Crippen molar-refractivity contribution in [3.8, 4) is 21.8 Å². The van der Waals surface area contributed by atoms with E-state index in [1.165, 1.54) is 35.6 Å². The number of amides is 1. The minimum absolute atomic E-state index is 0.0657. The highest BCUT2D eigenvalue weighted by atomic mass is 32.1. The van der Waals surface area contributed by atoms with Crippen LogP contribution in [0.25, 0.3) is 21.8 Å². The Morgan fingerprint density at radius 1 is 1.06 bits per heavy atom. The Kier molecular flexibility index (Phi) is 6.24. The summed E-state index contributed by atoms with van der Waals surface area (Å²) in [7, 11) is 0. The highest BCUT2D eigenvalue weighted by Crippen LogP contribution is 2.33. The van der Waals surface area contributed by atoms with Gasteiger partial charge in [-0.1, -0.05) is 12.1 Å². The molecule has 2 aromatic carbocycles. The van der Waals surface area contributed by atoms with Gasteiger partial charge in [-0.05, 0) is 68.1 Å². The van der Waals surface area contributed by atoms with E-state index in [9.17, 15) is 13.6 Å². The Hall–Kier alpha value is -3.39. The van der Waals surface area contributed by atoms with Gasteiger partial charge in [0.05, 0.1) is 16.1 Å². The molecule has 1 aliphatic heterocycles. The Morgan fingerprint density at radius 3 is 2.44 bits per heavy atom. The molecule has 1 aliphatic rings. The molecule has 0 spiro atoms. The molecule has 1 amide bonds. The van der Waals surface area contributed by atoms with Crippen molar-refractivity contribution in [3.05, 3.63) is 83.0 Å². The molecule has 3 heterocycles. The van der Waals surface area contributed by atoms with Gasteiger partial charge in [0.2, 0.25) is 0 Å². The maximum absolute atomic E-state index is 13.6. The standard InChI is InChI=1S/C26H23F2N3O2S/c1-16-30-24(25(34-16)18-7-11-20(28)12-8-18)26(32)31-13-3-2-4-21(31)14-23-29-15-22(33-23)17-5-9-19(27)10-6-17/h5-12,15,21H,2-4,13-14H2,1H3. The van der Waals surface area contributed by atoms with Crippen molar-refractivity contribution in [1.82, 2.24) is 14.9 Å². The molecule has 174 valence electrons. The third-order valence-corrected chi connectivity index (χ3v) is 7.04. The number of nitrogens with zero attached hydrogens (tertiary/aromatic N) is 3. The molecule has 0 N–H and O–H groups in total. The zero-order valence-electron chi connectivity index (χ0n) is 18.6.